The number of fused-ring (bicyclic) bond motifs is 2. The fraction of sp³-hybridized carbons (Fsp3) is 0.296. The van der Waals surface area contributed by atoms with Gasteiger partial charge in [0.05, 0.1) is 36.0 Å². The number of benzene rings is 2. The van der Waals surface area contributed by atoms with Crippen molar-refractivity contribution in [1.82, 2.24) is 20.3 Å². The van der Waals surface area contributed by atoms with Gasteiger partial charge in [0.15, 0.2) is 11.8 Å². The second kappa shape index (κ2) is 9.11. The van der Waals surface area contributed by atoms with Crippen molar-refractivity contribution in [2.24, 2.45) is 4.99 Å². The van der Waals surface area contributed by atoms with Crippen LogP contribution in [0.5, 0.6) is 6.01 Å². The van der Waals surface area contributed by atoms with Gasteiger partial charge in [0, 0.05) is 17.7 Å². The maximum atomic E-state index is 9.94. The molecule has 5 heterocycles. The van der Waals surface area contributed by atoms with E-state index >= 15 is 0 Å². The van der Waals surface area contributed by atoms with Crippen molar-refractivity contribution in [3.05, 3.63) is 65.2 Å². The van der Waals surface area contributed by atoms with Gasteiger partial charge in [0.1, 0.15) is 24.1 Å². The van der Waals surface area contributed by atoms with Crippen LogP contribution in [-0.2, 0) is 9.47 Å². The van der Waals surface area contributed by atoms with Gasteiger partial charge in [0.25, 0.3) is 6.01 Å². The highest BCUT2D eigenvalue weighted by atomic mass is 35.5. The highest BCUT2D eigenvalue weighted by Gasteiger charge is 2.48. The number of nitrogens with one attached hydrogen (secondary N) is 2. The highest BCUT2D eigenvalue weighted by molar-refractivity contribution is 6.33. The van der Waals surface area contributed by atoms with E-state index in [0.717, 1.165) is 41.2 Å². The van der Waals surface area contributed by atoms with Crippen molar-refractivity contribution in [3.63, 3.8) is 0 Å². The quantitative estimate of drug-likeness (QED) is 0.372. The molecule has 0 aliphatic carbocycles. The van der Waals surface area contributed by atoms with Crippen LogP contribution in [0, 0.1) is 0 Å². The summed E-state index contributed by atoms with van der Waals surface area (Å²) in [6.45, 7) is 2.28. The summed E-state index contributed by atoms with van der Waals surface area (Å²) in [5.41, 5.74) is 6.02. The molecule has 0 spiro atoms. The van der Waals surface area contributed by atoms with Crippen LogP contribution in [0.1, 0.15) is 5.56 Å². The number of aliphatic imine (C=N–C) groups is 1. The Hall–Kier alpha value is -3.50. The Morgan fingerprint density at radius 1 is 0.892 bits per heavy atom. The van der Waals surface area contributed by atoms with Crippen LogP contribution in [-0.4, -0.2) is 76.6 Å². The number of rotatable bonds is 5. The summed E-state index contributed by atoms with van der Waals surface area (Å²) in [5, 5.41) is 13.8. The lowest BCUT2D eigenvalue weighted by Crippen LogP contribution is -2.34. The molecule has 37 heavy (non-hydrogen) atoms. The molecule has 4 atom stereocenters. The van der Waals surface area contributed by atoms with Gasteiger partial charge in [-0.2, -0.15) is 4.98 Å². The Balaban J connectivity index is 1.11. The number of aromatic amines is 1. The lowest BCUT2D eigenvalue weighted by Gasteiger charge is -2.15. The lowest BCUT2D eigenvalue weighted by atomic mass is 10.0. The predicted octanol–water partition coefficient (Wildman–Crippen LogP) is 3.20. The van der Waals surface area contributed by atoms with Crippen LogP contribution in [0.3, 0.4) is 0 Å². The van der Waals surface area contributed by atoms with Crippen molar-refractivity contribution >= 4 is 28.6 Å². The second-order valence-electron chi connectivity index (χ2n) is 9.36. The van der Waals surface area contributed by atoms with Crippen LogP contribution >= 0.6 is 11.6 Å². The number of amidine groups is 1. The van der Waals surface area contributed by atoms with Crippen molar-refractivity contribution in [2.45, 2.75) is 24.4 Å². The molecular weight excluding hydrogens is 494 g/mol. The topological polar surface area (TPSA) is 114 Å². The van der Waals surface area contributed by atoms with E-state index in [4.69, 9.17) is 30.8 Å². The van der Waals surface area contributed by atoms with Crippen molar-refractivity contribution in [2.75, 3.05) is 26.3 Å². The maximum Gasteiger partial charge on any atom is 0.296 e. The number of imidazole rings is 1. The van der Waals surface area contributed by atoms with E-state index in [9.17, 15) is 5.11 Å². The average molecular weight is 518 g/mol. The lowest BCUT2D eigenvalue weighted by molar-refractivity contribution is 0.00706. The standard InChI is InChI=1S/C27H24ClN5O4/c28-18-11-19-26(33-27(31-19)37-21-13-36-23-20(34)12-35-24(21)23)32-22(18)16-5-1-14(2-6-16)15-3-7-17(8-4-15)25-29-9-10-30-25/h1-8,11,20-21,23-24,34H,9-10,12-13H2,(H,29,30)(H,31,32,33)/t20-,21-,23?,24-/m1/s1. The van der Waals surface area contributed by atoms with Crippen LogP contribution in [0.25, 0.3) is 33.5 Å². The first-order chi connectivity index (χ1) is 18.1. The molecule has 188 valence electrons. The number of ether oxygens (including phenoxy) is 3. The molecule has 0 bridgehead atoms. The molecule has 0 saturated carbocycles. The van der Waals surface area contributed by atoms with Gasteiger partial charge in [-0.1, -0.05) is 60.1 Å². The molecule has 9 nitrogen and oxygen atoms in total. The number of nitrogens with zero attached hydrogens (tertiary/aromatic N) is 3. The zero-order valence-electron chi connectivity index (χ0n) is 19.7. The van der Waals surface area contributed by atoms with E-state index in [2.05, 4.69) is 56.7 Å². The van der Waals surface area contributed by atoms with Gasteiger partial charge in [-0.05, 0) is 17.2 Å². The minimum Gasteiger partial charge on any atom is -0.456 e. The zero-order valence-corrected chi connectivity index (χ0v) is 20.5. The van der Waals surface area contributed by atoms with E-state index in [1.807, 2.05) is 12.1 Å². The van der Waals surface area contributed by atoms with Crippen molar-refractivity contribution in [3.8, 4) is 28.4 Å². The minimum absolute atomic E-state index is 0.243. The van der Waals surface area contributed by atoms with Gasteiger partial charge in [-0.3, -0.25) is 4.99 Å². The Morgan fingerprint density at radius 3 is 2.32 bits per heavy atom. The Bertz CT molecular complexity index is 1490. The van der Waals surface area contributed by atoms with Crippen LogP contribution in [0.4, 0.5) is 0 Å². The summed E-state index contributed by atoms with van der Waals surface area (Å²) in [7, 11) is 0. The Labute approximate surface area is 217 Å². The van der Waals surface area contributed by atoms with Gasteiger partial charge in [0.2, 0.25) is 0 Å². The van der Waals surface area contributed by atoms with E-state index in [1.165, 1.54) is 0 Å². The second-order valence-corrected chi connectivity index (χ2v) is 9.77. The van der Waals surface area contributed by atoms with Crippen LogP contribution in [0.15, 0.2) is 59.6 Å². The van der Waals surface area contributed by atoms with E-state index in [0.29, 0.717) is 34.5 Å². The summed E-state index contributed by atoms with van der Waals surface area (Å²) < 4.78 is 17.2. The highest BCUT2D eigenvalue weighted by Crippen LogP contribution is 2.33. The molecule has 0 radical (unpaired) electrons. The minimum atomic E-state index is -0.632. The number of halogens is 1. The molecular formula is C27H24ClN5O4. The number of pyridine rings is 1. The van der Waals surface area contributed by atoms with Gasteiger partial charge in [-0.15, -0.1) is 0 Å². The molecule has 3 N–H and O–H groups in total. The normalized spacial score (nSPS) is 24.8. The largest absolute Gasteiger partial charge is 0.456 e. The van der Waals surface area contributed by atoms with Crippen molar-refractivity contribution < 1.29 is 19.3 Å². The fourth-order valence-corrected chi connectivity index (χ4v) is 5.34. The third kappa shape index (κ3) is 4.14. The molecule has 2 saturated heterocycles. The van der Waals surface area contributed by atoms with Crippen LogP contribution in [0.2, 0.25) is 5.02 Å². The summed E-state index contributed by atoms with van der Waals surface area (Å²) in [4.78, 5) is 16.8. The third-order valence-corrected chi connectivity index (χ3v) is 7.26. The number of hydrogen-bond donors (Lipinski definition) is 3. The molecule has 4 aromatic rings. The average Bonchev–Trinajstić information content (AvgIpc) is 3.71. The molecule has 2 aromatic carbocycles. The summed E-state index contributed by atoms with van der Waals surface area (Å²) in [6.07, 6.45) is -1.68. The molecule has 3 aliphatic heterocycles. The van der Waals surface area contributed by atoms with E-state index in [-0.39, 0.29) is 24.9 Å². The molecule has 2 fully saturated rings. The van der Waals surface area contributed by atoms with Gasteiger partial charge < -0.3 is 29.6 Å². The van der Waals surface area contributed by atoms with E-state index in [1.54, 1.807) is 6.07 Å². The third-order valence-electron chi connectivity index (χ3n) is 6.97. The predicted molar refractivity (Wildman–Crippen MR) is 139 cm³/mol. The van der Waals surface area contributed by atoms with Crippen LogP contribution < -0.4 is 10.1 Å². The maximum absolute atomic E-state index is 9.94. The van der Waals surface area contributed by atoms with Gasteiger partial charge >= 0.3 is 0 Å². The molecule has 3 aliphatic rings. The van der Waals surface area contributed by atoms with Crippen molar-refractivity contribution in [1.29, 1.82) is 0 Å². The molecule has 7 rings (SSSR count). The SMILES string of the molecule is O[C@@H]1CO[C@H]2C1OC[C@H]2Oc1nc2nc(-c3ccc(-c4ccc(C5=NCCN5)cc4)cc3)c(Cl)cc2[nH]1. The number of aliphatic hydroxyl groups is 1. The fourth-order valence-electron chi connectivity index (χ4n) is 5.07. The Morgan fingerprint density at radius 2 is 1.59 bits per heavy atom. The molecule has 0 amide bonds. The van der Waals surface area contributed by atoms with Gasteiger partial charge in [-0.25, -0.2) is 4.98 Å². The zero-order chi connectivity index (χ0) is 24.9. The first kappa shape index (κ1) is 22.7. The summed E-state index contributed by atoms with van der Waals surface area (Å²) in [6, 6.07) is 18.6. The Kier molecular flexibility index (Phi) is 5.58. The summed E-state index contributed by atoms with van der Waals surface area (Å²) >= 11 is 6.61. The number of hydrogen-bond acceptors (Lipinski definition) is 8. The molecule has 1 unspecified atom stereocenters. The molecule has 2 aromatic heterocycles. The smallest absolute Gasteiger partial charge is 0.296 e. The molecule has 10 heteroatoms. The van der Waals surface area contributed by atoms with E-state index < -0.39 is 6.10 Å². The summed E-state index contributed by atoms with van der Waals surface area (Å²) in [5.74, 6) is 0.955. The first-order valence-corrected chi connectivity index (χ1v) is 12.6. The first-order valence-electron chi connectivity index (χ1n) is 12.3. The monoisotopic (exact) mass is 517 g/mol. The number of H-pyrrole nitrogens is 1. The number of aliphatic hydroxyl groups excluding tert-OH is 1. The number of aromatic nitrogens is 3.